The van der Waals surface area contributed by atoms with E-state index < -0.39 is 0 Å². The molecule has 1 heterocycles. The van der Waals surface area contributed by atoms with Gasteiger partial charge in [-0.1, -0.05) is 15.9 Å². The van der Waals surface area contributed by atoms with Crippen LogP contribution in [-0.2, 0) is 9.53 Å². The molecule has 2 N–H and O–H groups in total. The summed E-state index contributed by atoms with van der Waals surface area (Å²) in [5.41, 5.74) is 6.53. The highest BCUT2D eigenvalue weighted by Crippen LogP contribution is 2.34. The lowest BCUT2D eigenvalue weighted by molar-refractivity contribution is -0.137. The molecule has 0 bridgehead atoms. The molecular formula is C10H10BrNO2S. The van der Waals surface area contributed by atoms with Gasteiger partial charge in [-0.15, -0.1) is 11.8 Å². The number of hydrogen-bond acceptors (Lipinski definition) is 4. The topological polar surface area (TPSA) is 52.3 Å². The molecule has 1 atom stereocenters. The maximum absolute atomic E-state index is 11.3. The van der Waals surface area contributed by atoms with E-state index in [2.05, 4.69) is 15.9 Å². The molecule has 1 aromatic rings. The van der Waals surface area contributed by atoms with Crippen molar-refractivity contribution in [2.75, 3.05) is 12.3 Å². The van der Waals surface area contributed by atoms with Gasteiger partial charge in [-0.25, -0.2) is 0 Å². The number of carbonyl (C=O) groups is 1. The second kappa shape index (κ2) is 4.45. The van der Waals surface area contributed by atoms with Crippen LogP contribution in [0.2, 0.25) is 0 Å². The van der Waals surface area contributed by atoms with Crippen molar-refractivity contribution in [3.05, 3.63) is 22.7 Å². The third-order valence-corrected chi connectivity index (χ3v) is 3.96. The van der Waals surface area contributed by atoms with Gasteiger partial charge in [-0.05, 0) is 18.2 Å². The Balaban J connectivity index is 2.13. The number of benzene rings is 1. The molecule has 1 saturated heterocycles. The number of nitrogens with two attached hydrogens (primary N) is 1. The van der Waals surface area contributed by atoms with Crippen LogP contribution in [0.1, 0.15) is 6.42 Å². The molecule has 3 nitrogen and oxygen atoms in total. The van der Waals surface area contributed by atoms with E-state index in [1.807, 2.05) is 18.2 Å². The summed E-state index contributed by atoms with van der Waals surface area (Å²) in [6.07, 6.45) is 0.763. The highest BCUT2D eigenvalue weighted by atomic mass is 79.9. The molecular weight excluding hydrogens is 278 g/mol. The molecule has 80 valence electrons. The summed E-state index contributed by atoms with van der Waals surface area (Å²) < 4.78 is 5.83. The minimum Gasteiger partial charge on any atom is -0.465 e. The first kappa shape index (κ1) is 10.8. The summed E-state index contributed by atoms with van der Waals surface area (Å²) in [7, 11) is 0. The molecule has 1 aliphatic heterocycles. The monoisotopic (exact) mass is 287 g/mol. The molecule has 5 heteroatoms. The predicted octanol–water partition coefficient (Wildman–Crippen LogP) is 2.44. The zero-order valence-electron chi connectivity index (χ0n) is 7.90. The number of nitrogen functional groups attached to an aromatic ring is 1. The normalized spacial score (nSPS) is 20.3. The van der Waals surface area contributed by atoms with Gasteiger partial charge in [0.1, 0.15) is 5.25 Å². The van der Waals surface area contributed by atoms with E-state index >= 15 is 0 Å². The van der Waals surface area contributed by atoms with E-state index in [1.54, 1.807) is 0 Å². The van der Waals surface area contributed by atoms with Crippen molar-refractivity contribution in [1.29, 1.82) is 0 Å². The van der Waals surface area contributed by atoms with Crippen molar-refractivity contribution in [3.8, 4) is 0 Å². The molecule has 0 aromatic heterocycles. The zero-order chi connectivity index (χ0) is 10.8. The number of esters is 1. The molecule has 0 saturated carbocycles. The number of carbonyl (C=O) groups excluding carboxylic acids is 1. The Morgan fingerprint density at radius 3 is 2.93 bits per heavy atom. The Morgan fingerprint density at radius 2 is 2.33 bits per heavy atom. The van der Waals surface area contributed by atoms with E-state index in [0.717, 1.165) is 15.8 Å². The number of thioether (sulfide) groups is 1. The Kier molecular flexibility index (Phi) is 3.21. The fourth-order valence-electron chi connectivity index (χ4n) is 1.36. The van der Waals surface area contributed by atoms with Gasteiger partial charge in [-0.3, -0.25) is 4.79 Å². The van der Waals surface area contributed by atoms with Crippen LogP contribution in [0.5, 0.6) is 0 Å². The molecule has 2 rings (SSSR count). The Morgan fingerprint density at radius 1 is 1.53 bits per heavy atom. The van der Waals surface area contributed by atoms with Gasteiger partial charge in [0.25, 0.3) is 0 Å². The molecule has 0 aliphatic carbocycles. The number of halogens is 1. The summed E-state index contributed by atoms with van der Waals surface area (Å²) in [5.74, 6) is -0.137. The second-order valence-corrected chi connectivity index (χ2v) is 5.41. The van der Waals surface area contributed by atoms with Crippen LogP contribution in [-0.4, -0.2) is 17.8 Å². The van der Waals surface area contributed by atoms with E-state index in [-0.39, 0.29) is 11.2 Å². The van der Waals surface area contributed by atoms with Crippen LogP contribution in [0.15, 0.2) is 27.6 Å². The fourth-order valence-corrected chi connectivity index (χ4v) is 2.77. The molecule has 0 radical (unpaired) electrons. The average molecular weight is 288 g/mol. The van der Waals surface area contributed by atoms with Gasteiger partial charge in [0.2, 0.25) is 0 Å². The Hall–Kier alpha value is -0.680. The number of hydrogen-bond donors (Lipinski definition) is 1. The fraction of sp³-hybridized carbons (Fsp3) is 0.300. The lowest BCUT2D eigenvalue weighted by atomic mass is 10.3. The molecule has 1 fully saturated rings. The number of rotatable bonds is 2. The van der Waals surface area contributed by atoms with Gasteiger partial charge >= 0.3 is 5.97 Å². The number of cyclic esters (lactones) is 1. The van der Waals surface area contributed by atoms with Crippen molar-refractivity contribution in [3.63, 3.8) is 0 Å². The van der Waals surface area contributed by atoms with Gasteiger partial charge < -0.3 is 10.5 Å². The molecule has 0 spiro atoms. The van der Waals surface area contributed by atoms with Gasteiger partial charge in [0, 0.05) is 21.5 Å². The SMILES string of the molecule is Nc1cc(Br)ccc1SC1CCOC1=O. The highest BCUT2D eigenvalue weighted by molar-refractivity contribution is 9.10. The van der Waals surface area contributed by atoms with E-state index in [4.69, 9.17) is 10.5 Å². The van der Waals surface area contributed by atoms with Crippen LogP contribution >= 0.6 is 27.7 Å². The van der Waals surface area contributed by atoms with Gasteiger partial charge in [-0.2, -0.15) is 0 Å². The molecule has 1 aliphatic rings. The van der Waals surface area contributed by atoms with E-state index in [0.29, 0.717) is 12.3 Å². The second-order valence-electron chi connectivity index (χ2n) is 3.24. The van der Waals surface area contributed by atoms with Crippen LogP contribution in [0.3, 0.4) is 0 Å². The van der Waals surface area contributed by atoms with Crippen LogP contribution in [0.25, 0.3) is 0 Å². The standard InChI is InChI=1S/C10H10BrNO2S/c11-6-1-2-8(7(12)5-6)15-9-3-4-14-10(9)13/h1-2,5,9H,3-4,12H2. The minimum absolute atomic E-state index is 0.103. The predicted molar refractivity (Wildman–Crippen MR) is 63.8 cm³/mol. The maximum atomic E-state index is 11.3. The first-order valence-electron chi connectivity index (χ1n) is 4.55. The first-order chi connectivity index (χ1) is 7.16. The summed E-state index contributed by atoms with van der Waals surface area (Å²) in [6.45, 7) is 0.521. The largest absolute Gasteiger partial charge is 0.465 e. The molecule has 1 aromatic carbocycles. The minimum atomic E-state index is -0.137. The Bertz CT molecular complexity index is 397. The van der Waals surface area contributed by atoms with Crippen molar-refractivity contribution in [2.24, 2.45) is 0 Å². The third kappa shape index (κ3) is 2.46. The lowest BCUT2D eigenvalue weighted by Gasteiger charge is -2.08. The summed E-state index contributed by atoms with van der Waals surface area (Å²) in [4.78, 5) is 12.2. The van der Waals surface area contributed by atoms with Crippen LogP contribution < -0.4 is 5.73 Å². The maximum Gasteiger partial charge on any atom is 0.319 e. The van der Waals surface area contributed by atoms with Crippen molar-refractivity contribution in [2.45, 2.75) is 16.6 Å². The quantitative estimate of drug-likeness (QED) is 0.671. The lowest BCUT2D eigenvalue weighted by Crippen LogP contribution is -2.09. The summed E-state index contributed by atoms with van der Waals surface area (Å²) >= 11 is 4.81. The average Bonchev–Trinajstić information content (AvgIpc) is 2.57. The highest BCUT2D eigenvalue weighted by Gasteiger charge is 2.27. The Labute approximate surface area is 100 Å². The van der Waals surface area contributed by atoms with Crippen LogP contribution in [0, 0.1) is 0 Å². The molecule has 15 heavy (non-hydrogen) atoms. The van der Waals surface area contributed by atoms with Crippen molar-refractivity contribution in [1.82, 2.24) is 0 Å². The number of anilines is 1. The summed E-state index contributed by atoms with van der Waals surface area (Å²) in [5, 5.41) is -0.103. The smallest absolute Gasteiger partial charge is 0.319 e. The zero-order valence-corrected chi connectivity index (χ0v) is 10.3. The van der Waals surface area contributed by atoms with Gasteiger partial charge in [0.15, 0.2) is 0 Å². The number of ether oxygens (including phenoxy) is 1. The first-order valence-corrected chi connectivity index (χ1v) is 6.22. The van der Waals surface area contributed by atoms with Gasteiger partial charge in [0.05, 0.1) is 6.61 Å². The van der Waals surface area contributed by atoms with E-state index in [1.165, 1.54) is 11.8 Å². The molecule has 0 amide bonds. The van der Waals surface area contributed by atoms with Crippen LogP contribution in [0.4, 0.5) is 5.69 Å². The molecule has 1 unspecified atom stereocenters. The third-order valence-electron chi connectivity index (χ3n) is 2.13. The van der Waals surface area contributed by atoms with Crippen molar-refractivity contribution >= 4 is 39.3 Å². The summed E-state index contributed by atoms with van der Waals surface area (Å²) in [6, 6.07) is 5.66. The van der Waals surface area contributed by atoms with E-state index in [9.17, 15) is 4.79 Å². The van der Waals surface area contributed by atoms with Crippen molar-refractivity contribution < 1.29 is 9.53 Å².